The molecule has 0 saturated carbocycles. The molecule has 0 aliphatic heterocycles. The van der Waals surface area contributed by atoms with Gasteiger partial charge >= 0.3 is 5.97 Å². The number of hydrogen-bond acceptors (Lipinski definition) is 5. The molecule has 7 nitrogen and oxygen atoms in total. The van der Waals surface area contributed by atoms with Gasteiger partial charge in [-0.05, 0) is 43.9 Å². The fraction of sp³-hybridized carbons (Fsp3) is 0.368. The molecule has 138 valence electrons. The van der Waals surface area contributed by atoms with Gasteiger partial charge in [0.15, 0.2) is 6.61 Å². The number of aromatic nitrogens is 2. The molecule has 7 heteroatoms. The topological polar surface area (TPSA) is 90.3 Å². The van der Waals surface area contributed by atoms with Crippen molar-refractivity contribution in [3.8, 4) is 0 Å². The SMILES string of the molecule is CCc1cccc(C)c1NC(=O)COC(=O)c1c(C)c(C)nn(C)c1=O. The predicted octanol–water partition coefficient (Wildman–Crippen LogP) is 2.06. The van der Waals surface area contributed by atoms with Crippen molar-refractivity contribution in [2.45, 2.75) is 34.1 Å². The van der Waals surface area contributed by atoms with Crippen LogP contribution in [0.4, 0.5) is 5.69 Å². The lowest BCUT2D eigenvalue weighted by Crippen LogP contribution is -2.31. The summed E-state index contributed by atoms with van der Waals surface area (Å²) in [5, 5.41) is 6.79. The first-order chi connectivity index (χ1) is 12.3. The van der Waals surface area contributed by atoms with Crippen molar-refractivity contribution in [2.75, 3.05) is 11.9 Å². The van der Waals surface area contributed by atoms with Crippen LogP contribution in [0.25, 0.3) is 0 Å². The number of carbonyl (C=O) groups is 2. The first-order valence-electron chi connectivity index (χ1n) is 8.36. The van der Waals surface area contributed by atoms with E-state index in [1.165, 1.54) is 7.05 Å². The molecule has 0 fully saturated rings. The van der Waals surface area contributed by atoms with Crippen LogP contribution in [0.5, 0.6) is 0 Å². The van der Waals surface area contributed by atoms with Gasteiger partial charge in [-0.1, -0.05) is 25.1 Å². The summed E-state index contributed by atoms with van der Waals surface area (Å²) in [6.07, 6.45) is 0.766. The number of para-hydroxylation sites is 1. The van der Waals surface area contributed by atoms with E-state index < -0.39 is 24.0 Å². The molecule has 0 bridgehead atoms. The molecule has 0 unspecified atom stereocenters. The van der Waals surface area contributed by atoms with Crippen LogP contribution in [0.1, 0.15) is 39.7 Å². The van der Waals surface area contributed by atoms with Crippen LogP contribution in [0.3, 0.4) is 0 Å². The lowest BCUT2D eigenvalue weighted by atomic mass is 10.1. The summed E-state index contributed by atoms with van der Waals surface area (Å²) in [5.41, 5.74) is 3.01. The smallest absolute Gasteiger partial charge is 0.344 e. The van der Waals surface area contributed by atoms with Gasteiger partial charge < -0.3 is 10.1 Å². The van der Waals surface area contributed by atoms with E-state index in [1.54, 1.807) is 13.8 Å². The molecule has 2 aromatic rings. The molecular weight excluding hydrogens is 334 g/mol. The number of hydrogen-bond donors (Lipinski definition) is 1. The molecule has 1 amide bonds. The lowest BCUT2D eigenvalue weighted by Gasteiger charge is -2.13. The second kappa shape index (κ2) is 7.95. The van der Waals surface area contributed by atoms with Crippen molar-refractivity contribution < 1.29 is 14.3 Å². The Morgan fingerprint density at radius 1 is 1.23 bits per heavy atom. The third-order valence-electron chi connectivity index (χ3n) is 4.27. The highest BCUT2D eigenvalue weighted by atomic mass is 16.5. The monoisotopic (exact) mass is 357 g/mol. The highest BCUT2D eigenvalue weighted by Gasteiger charge is 2.20. The lowest BCUT2D eigenvalue weighted by molar-refractivity contribution is -0.119. The van der Waals surface area contributed by atoms with Gasteiger partial charge in [-0.25, -0.2) is 9.48 Å². The number of nitrogens with zero attached hydrogens (tertiary/aromatic N) is 2. The highest BCUT2D eigenvalue weighted by Crippen LogP contribution is 2.21. The average molecular weight is 357 g/mol. The number of carbonyl (C=O) groups excluding carboxylic acids is 2. The molecule has 2 rings (SSSR count). The van der Waals surface area contributed by atoms with Crippen molar-refractivity contribution in [2.24, 2.45) is 7.05 Å². The van der Waals surface area contributed by atoms with E-state index in [9.17, 15) is 14.4 Å². The maximum Gasteiger partial charge on any atom is 0.344 e. The minimum Gasteiger partial charge on any atom is -0.452 e. The Morgan fingerprint density at radius 3 is 2.58 bits per heavy atom. The largest absolute Gasteiger partial charge is 0.452 e. The van der Waals surface area contributed by atoms with Crippen LogP contribution < -0.4 is 10.9 Å². The van der Waals surface area contributed by atoms with Gasteiger partial charge in [0.2, 0.25) is 0 Å². The standard InChI is InChI=1S/C19H23N3O4/c1-6-14-9-7-8-11(2)17(14)20-15(23)10-26-19(25)16-12(3)13(4)21-22(5)18(16)24/h7-9H,6,10H2,1-5H3,(H,20,23). The number of benzene rings is 1. The van der Waals surface area contributed by atoms with Crippen LogP contribution in [-0.4, -0.2) is 28.3 Å². The van der Waals surface area contributed by atoms with Crippen LogP contribution in [0, 0.1) is 20.8 Å². The van der Waals surface area contributed by atoms with Crippen LogP contribution in [0.15, 0.2) is 23.0 Å². The van der Waals surface area contributed by atoms with Gasteiger partial charge in [0.1, 0.15) is 5.56 Å². The van der Waals surface area contributed by atoms with Crippen molar-refractivity contribution in [3.05, 3.63) is 56.5 Å². The highest BCUT2D eigenvalue weighted by molar-refractivity contribution is 5.96. The van der Waals surface area contributed by atoms with Crippen molar-refractivity contribution in [1.29, 1.82) is 0 Å². The molecule has 0 aliphatic carbocycles. The predicted molar refractivity (Wildman–Crippen MR) is 98.4 cm³/mol. The van der Waals surface area contributed by atoms with E-state index in [4.69, 9.17) is 4.74 Å². The van der Waals surface area contributed by atoms with Gasteiger partial charge in [0, 0.05) is 12.7 Å². The zero-order chi connectivity index (χ0) is 19.4. The number of ether oxygens (including phenoxy) is 1. The Balaban J connectivity index is 2.12. The van der Waals surface area contributed by atoms with Crippen molar-refractivity contribution in [1.82, 2.24) is 9.78 Å². The van der Waals surface area contributed by atoms with Crippen LogP contribution >= 0.6 is 0 Å². The molecule has 1 heterocycles. The zero-order valence-electron chi connectivity index (χ0n) is 15.7. The Bertz CT molecular complexity index is 916. The van der Waals surface area contributed by atoms with E-state index in [-0.39, 0.29) is 5.56 Å². The fourth-order valence-corrected chi connectivity index (χ4v) is 2.67. The fourth-order valence-electron chi connectivity index (χ4n) is 2.67. The summed E-state index contributed by atoms with van der Waals surface area (Å²) < 4.78 is 6.14. The first kappa shape index (κ1) is 19.4. The van der Waals surface area contributed by atoms with E-state index in [0.717, 1.165) is 27.9 Å². The number of anilines is 1. The Morgan fingerprint density at radius 2 is 1.92 bits per heavy atom. The minimum atomic E-state index is -0.829. The van der Waals surface area contributed by atoms with Gasteiger partial charge in [-0.3, -0.25) is 9.59 Å². The Labute approximate surface area is 152 Å². The number of aryl methyl sites for hydroxylation is 4. The molecule has 0 saturated heterocycles. The van der Waals surface area contributed by atoms with Crippen molar-refractivity contribution in [3.63, 3.8) is 0 Å². The van der Waals surface area contributed by atoms with E-state index >= 15 is 0 Å². The average Bonchev–Trinajstić information content (AvgIpc) is 2.60. The van der Waals surface area contributed by atoms with Gasteiger partial charge in [0.05, 0.1) is 5.69 Å². The Hall–Kier alpha value is -2.96. The first-order valence-corrected chi connectivity index (χ1v) is 8.36. The molecular formula is C19H23N3O4. The summed E-state index contributed by atoms with van der Waals surface area (Å²) >= 11 is 0. The molecule has 1 aromatic carbocycles. The van der Waals surface area contributed by atoms with Crippen LogP contribution in [0.2, 0.25) is 0 Å². The molecule has 1 N–H and O–H groups in total. The maximum atomic E-state index is 12.3. The molecule has 0 spiro atoms. The quantitative estimate of drug-likeness (QED) is 0.827. The second-order valence-electron chi connectivity index (χ2n) is 6.10. The van der Waals surface area contributed by atoms with Gasteiger partial charge in [0.25, 0.3) is 11.5 Å². The number of rotatable bonds is 5. The third-order valence-corrected chi connectivity index (χ3v) is 4.27. The van der Waals surface area contributed by atoms with E-state index in [2.05, 4.69) is 10.4 Å². The van der Waals surface area contributed by atoms with Crippen LogP contribution in [-0.2, 0) is 23.0 Å². The number of amides is 1. The summed E-state index contributed by atoms with van der Waals surface area (Å²) in [7, 11) is 1.46. The summed E-state index contributed by atoms with van der Waals surface area (Å²) in [6, 6.07) is 5.75. The maximum absolute atomic E-state index is 12.3. The summed E-state index contributed by atoms with van der Waals surface area (Å²) in [5.74, 6) is -1.29. The van der Waals surface area contributed by atoms with E-state index in [1.807, 2.05) is 32.0 Å². The van der Waals surface area contributed by atoms with Crippen molar-refractivity contribution >= 4 is 17.6 Å². The van der Waals surface area contributed by atoms with Gasteiger partial charge in [-0.2, -0.15) is 5.10 Å². The van der Waals surface area contributed by atoms with Gasteiger partial charge in [-0.15, -0.1) is 0 Å². The molecule has 0 atom stereocenters. The third kappa shape index (κ3) is 3.99. The summed E-state index contributed by atoms with van der Waals surface area (Å²) in [6.45, 7) is 6.74. The normalized spacial score (nSPS) is 10.5. The number of nitrogens with one attached hydrogen (secondary N) is 1. The molecule has 0 aliphatic rings. The second-order valence-corrected chi connectivity index (χ2v) is 6.10. The number of esters is 1. The molecule has 0 radical (unpaired) electrons. The zero-order valence-corrected chi connectivity index (χ0v) is 15.7. The minimum absolute atomic E-state index is 0.0991. The molecule has 1 aromatic heterocycles. The van der Waals surface area contributed by atoms with E-state index in [0.29, 0.717) is 11.3 Å². The summed E-state index contributed by atoms with van der Waals surface area (Å²) in [4.78, 5) is 36.6. The molecule has 26 heavy (non-hydrogen) atoms. The Kier molecular flexibility index (Phi) is 5.92.